The van der Waals surface area contributed by atoms with Crippen molar-refractivity contribution in [2.45, 2.75) is 38.0 Å². The molecule has 9 heteroatoms. The number of carbonyl (C=O) groups is 3. The molecule has 1 heterocycles. The molecule has 0 bridgehead atoms. The Labute approximate surface area is 178 Å². The molecule has 0 saturated heterocycles. The zero-order chi connectivity index (χ0) is 22.1. The number of carboxylic acid groups (broad SMARTS) is 1. The number of nitrogens with zero attached hydrogens (tertiary/aromatic N) is 1. The maximum absolute atomic E-state index is 13.0. The van der Waals surface area contributed by atoms with E-state index in [1.54, 1.807) is 35.2 Å². The van der Waals surface area contributed by atoms with E-state index in [4.69, 9.17) is 14.6 Å². The molecule has 2 aromatic carbocycles. The van der Waals surface area contributed by atoms with Crippen LogP contribution in [-0.2, 0) is 16.1 Å². The van der Waals surface area contributed by atoms with Crippen molar-refractivity contribution >= 4 is 29.2 Å². The molecule has 0 aromatic heterocycles. The lowest BCUT2D eigenvalue weighted by Crippen LogP contribution is -2.23. The number of fused-ring (bicyclic) bond motifs is 1. The van der Waals surface area contributed by atoms with Crippen LogP contribution in [0.3, 0.4) is 0 Å². The van der Waals surface area contributed by atoms with Gasteiger partial charge in [0.1, 0.15) is 6.10 Å². The minimum atomic E-state index is -1.60. The lowest BCUT2D eigenvalue weighted by Gasteiger charge is -2.20. The minimum absolute atomic E-state index is 0.119. The van der Waals surface area contributed by atoms with Crippen molar-refractivity contribution in [2.75, 3.05) is 17.3 Å². The fourth-order valence-electron chi connectivity index (χ4n) is 3.90. The van der Waals surface area contributed by atoms with Crippen molar-refractivity contribution in [1.29, 1.82) is 0 Å². The normalized spacial score (nSPS) is 19.8. The second-order valence-electron chi connectivity index (χ2n) is 7.56. The number of benzene rings is 2. The van der Waals surface area contributed by atoms with Crippen LogP contribution in [0.25, 0.3) is 0 Å². The molecule has 9 nitrogen and oxygen atoms in total. The fourth-order valence-corrected chi connectivity index (χ4v) is 3.90. The average molecular weight is 426 g/mol. The number of hydrogen-bond donors (Lipinski definition) is 3. The Bertz CT molecular complexity index is 1050. The molecular weight excluding hydrogens is 404 g/mol. The third kappa shape index (κ3) is 4.17. The molecule has 1 aliphatic heterocycles. The number of anilines is 2. The molecular formula is C22H22N2O7. The van der Waals surface area contributed by atoms with E-state index >= 15 is 0 Å². The second kappa shape index (κ2) is 8.27. The topological polar surface area (TPSA) is 125 Å². The van der Waals surface area contributed by atoms with E-state index in [0.717, 1.165) is 12.0 Å². The standard InChI is InChI=1S/C22H22N2O7/c1-30-18-7-4-14(9-19(18)31-16-6-5-15(25)10-16)24-11-12-2-3-13(8-17(12)21(24)27)23-20(26)22(28)29/h2-4,7-9,15-16,25H,5-6,10-11H2,1H3,(H,23,26)(H,28,29). The molecule has 1 fully saturated rings. The van der Waals surface area contributed by atoms with Gasteiger partial charge in [0.15, 0.2) is 11.5 Å². The van der Waals surface area contributed by atoms with Gasteiger partial charge in [0.2, 0.25) is 0 Å². The molecule has 0 spiro atoms. The maximum atomic E-state index is 13.0. The van der Waals surface area contributed by atoms with Crippen LogP contribution in [0.5, 0.6) is 11.5 Å². The Morgan fingerprint density at radius 3 is 2.61 bits per heavy atom. The van der Waals surface area contributed by atoms with Gasteiger partial charge in [-0.15, -0.1) is 0 Å². The predicted molar refractivity (Wildman–Crippen MR) is 110 cm³/mol. The summed E-state index contributed by atoms with van der Waals surface area (Å²) in [5, 5.41) is 20.7. The van der Waals surface area contributed by atoms with Crippen LogP contribution in [0.2, 0.25) is 0 Å². The molecule has 31 heavy (non-hydrogen) atoms. The zero-order valence-electron chi connectivity index (χ0n) is 16.8. The van der Waals surface area contributed by atoms with Gasteiger partial charge in [-0.3, -0.25) is 9.59 Å². The first-order chi connectivity index (χ1) is 14.9. The Balaban J connectivity index is 1.56. The number of methoxy groups -OCH3 is 1. The highest BCUT2D eigenvalue weighted by Gasteiger charge is 2.31. The fraction of sp³-hybridized carbons (Fsp3) is 0.318. The first-order valence-corrected chi connectivity index (χ1v) is 9.87. The summed E-state index contributed by atoms with van der Waals surface area (Å²) in [4.78, 5) is 36.7. The molecule has 162 valence electrons. The third-order valence-corrected chi connectivity index (χ3v) is 5.48. The number of nitrogens with one attached hydrogen (secondary N) is 1. The summed E-state index contributed by atoms with van der Waals surface area (Å²) in [5.74, 6) is -2.01. The lowest BCUT2D eigenvalue weighted by atomic mass is 10.1. The maximum Gasteiger partial charge on any atom is 0.394 e. The van der Waals surface area contributed by atoms with Crippen LogP contribution in [-0.4, -0.2) is 47.3 Å². The van der Waals surface area contributed by atoms with E-state index in [9.17, 15) is 19.5 Å². The first kappa shape index (κ1) is 20.7. The number of carbonyl (C=O) groups excluding carboxylic acids is 2. The number of hydrogen-bond acceptors (Lipinski definition) is 6. The Hall–Kier alpha value is -3.59. The molecule has 2 aromatic rings. The molecule has 0 radical (unpaired) electrons. The van der Waals surface area contributed by atoms with Gasteiger partial charge in [-0.1, -0.05) is 6.07 Å². The van der Waals surface area contributed by atoms with Crippen molar-refractivity contribution in [3.05, 3.63) is 47.5 Å². The van der Waals surface area contributed by atoms with Crippen LogP contribution in [0, 0.1) is 0 Å². The van der Waals surface area contributed by atoms with Crippen molar-refractivity contribution in [3.63, 3.8) is 0 Å². The van der Waals surface area contributed by atoms with E-state index in [-0.39, 0.29) is 23.8 Å². The monoisotopic (exact) mass is 426 g/mol. The molecule has 2 unspecified atom stereocenters. The molecule has 2 amide bonds. The third-order valence-electron chi connectivity index (χ3n) is 5.48. The number of amides is 2. The van der Waals surface area contributed by atoms with Gasteiger partial charge in [-0.25, -0.2) is 4.79 Å². The first-order valence-electron chi connectivity index (χ1n) is 9.87. The lowest BCUT2D eigenvalue weighted by molar-refractivity contribution is -0.147. The van der Waals surface area contributed by atoms with Crippen LogP contribution < -0.4 is 19.7 Å². The molecule has 2 aliphatic rings. The van der Waals surface area contributed by atoms with Crippen LogP contribution >= 0.6 is 0 Å². The highest BCUT2D eigenvalue weighted by molar-refractivity contribution is 6.36. The summed E-state index contributed by atoms with van der Waals surface area (Å²) in [7, 11) is 1.54. The Morgan fingerprint density at radius 2 is 1.94 bits per heavy atom. The van der Waals surface area contributed by atoms with E-state index in [1.165, 1.54) is 13.2 Å². The van der Waals surface area contributed by atoms with Gasteiger partial charge in [0.25, 0.3) is 5.91 Å². The quantitative estimate of drug-likeness (QED) is 0.626. The van der Waals surface area contributed by atoms with E-state index in [2.05, 4.69) is 5.32 Å². The van der Waals surface area contributed by atoms with Gasteiger partial charge in [-0.05, 0) is 42.7 Å². The van der Waals surface area contributed by atoms with Crippen LogP contribution in [0.4, 0.5) is 11.4 Å². The molecule has 3 N–H and O–H groups in total. The predicted octanol–water partition coefficient (Wildman–Crippen LogP) is 2.17. The second-order valence-corrected chi connectivity index (χ2v) is 7.56. The molecule has 4 rings (SSSR count). The summed E-state index contributed by atoms with van der Waals surface area (Å²) in [5.41, 5.74) is 2.00. The highest BCUT2D eigenvalue weighted by Crippen LogP contribution is 2.38. The van der Waals surface area contributed by atoms with Crippen molar-refractivity contribution in [3.8, 4) is 11.5 Å². The SMILES string of the molecule is COc1ccc(N2Cc3ccc(NC(=O)C(=O)O)cc3C2=O)cc1OC1CCC(O)C1. The summed E-state index contributed by atoms with van der Waals surface area (Å²) in [6.07, 6.45) is 1.49. The minimum Gasteiger partial charge on any atom is -0.493 e. The number of ether oxygens (including phenoxy) is 2. The highest BCUT2D eigenvalue weighted by atomic mass is 16.5. The zero-order valence-corrected chi connectivity index (χ0v) is 16.8. The average Bonchev–Trinajstić information content (AvgIpc) is 3.30. The largest absolute Gasteiger partial charge is 0.493 e. The van der Waals surface area contributed by atoms with Gasteiger partial charge < -0.3 is 29.9 Å². The van der Waals surface area contributed by atoms with Gasteiger partial charge in [0.05, 0.1) is 19.8 Å². The van der Waals surface area contributed by atoms with E-state index in [1.807, 2.05) is 0 Å². The molecule has 2 atom stereocenters. The van der Waals surface area contributed by atoms with Gasteiger partial charge in [0, 0.05) is 29.4 Å². The number of aliphatic hydroxyl groups excluding tert-OH is 1. The Morgan fingerprint density at radius 1 is 1.13 bits per heavy atom. The number of rotatable bonds is 5. The number of carboxylic acids is 1. The van der Waals surface area contributed by atoms with Gasteiger partial charge in [-0.2, -0.15) is 0 Å². The summed E-state index contributed by atoms with van der Waals surface area (Å²) >= 11 is 0. The van der Waals surface area contributed by atoms with Crippen molar-refractivity contribution < 1.29 is 34.1 Å². The summed E-state index contributed by atoms with van der Waals surface area (Å²) in [6.45, 7) is 0.329. The van der Waals surface area contributed by atoms with Crippen LogP contribution in [0.1, 0.15) is 35.2 Å². The smallest absolute Gasteiger partial charge is 0.394 e. The summed E-state index contributed by atoms with van der Waals surface area (Å²) < 4.78 is 11.4. The molecule has 1 saturated carbocycles. The van der Waals surface area contributed by atoms with Gasteiger partial charge >= 0.3 is 11.9 Å². The summed E-state index contributed by atoms with van der Waals surface area (Å²) in [6, 6.07) is 9.94. The van der Waals surface area contributed by atoms with Crippen LogP contribution in [0.15, 0.2) is 36.4 Å². The number of aliphatic carboxylic acids is 1. The van der Waals surface area contributed by atoms with Crippen molar-refractivity contribution in [1.82, 2.24) is 0 Å². The van der Waals surface area contributed by atoms with E-state index < -0.39 is 11.9 Å². The van der Waals surface area contributed by atoms with Crippen molar-refractivity contribution in [2.24, 2.45) is 0 Å². The van der Waals surface area contributed by atoms with E-state index in [0.29, 0.717) is 42.1 Å². The Kier molecular flexibility index (Phi) is 5.51. The molecule has 1 aliphatic carbocycles. The number of aliphatic hydroxyl groups is 1.